The van der Waals surface area contributed by atoms with E-state index in [2.05, 4.69) is 25.9 Å². The van der Waals surface area contributed by atoms with E-state index in [1.807, 2.05) is 6.26 Å². The normalized spacial score (nSPS) is 13.3. The largest absolute Gasteiger partial charge is 0.508 e. The first-order valence-corrected chi connectivity index (χ1v) is 12.2. The highest BCUT2D eigenvalue weighted by molar-refractivity contribution is 7.98. The Bertz CT molecular complexity index is 985. The van der Waals surface area contributed by atoms with E-state index < -0.39 is 48.4 Å². The number of rotatable bonds is 14. The van der Waals surface area contributed by atoms with Crippen LogP contribution in [0.1, 0.15) is 17.7 Å². The second-order valence-electron chi connectivity index (χ2n) is 7.77. The molecular weight excluding hydrogens is 476 g/mol. The highest BCUT2D eigenvalue weighted by Crippen LogP contribution is 2.11. The number of thioether (sulfide) groups is 1. The molecule has 0 saturated carbocycles. The highest BCUT2D eigenvalue weighted by atomic mass is 32.2. The van der Waals surface area contributed by atoms with Gasteiger partial charge in [0.2, 0.25) is 17.7 Å². The average molecular weight is 507 g/mol. The molecule has 0 aliphatic carbocycles. The van der Waals surface area contributed by atoms with Gasteiger partial charge in [-0.3, -0.25) is 19.2 Å². The Morgan fingerprint density at radius 2 is 1.74 bits per heavy atom. The number of carboxylic acids is 1. The second-order valence-corrected chi connectivity index (χ2v) is 8.76. The number of carbonyl (C=O) groups is 4. The zero-order valence-electron chi connectivity index (χ0n) is 19.2. The van der Waals surface area contributed by atoms with E-state index in [-0.39, 0.29) is 25.0 Å². The zero-order valence-corrected chi connectivity index (χ0v) is 20.0. The third-order valence-corrected chi connectivity index (χ3v) is 5.64. The topological polar surface area (TPSA) is 200 Å². The Hall–Kier alpha value is -3.58. The third-order valence-electron chi connectivity index (χ3n) is 5.00. The average Bonchev–Trinajstić information content (AvgIpc) is 3.34. The van der Waals surface area contributed by atoms with Crippen LogP contribution in [0.5, 0.6) is 5.75 Å². The summed E-state index contributed by atoms with van der Waals surface area (Å²) in [6.07, 6.45) is 5.29. The number of nitrogens with one attached hydrogen (secondary N) is 4. The zero-order chi connectivity index (χ0) is 25.8. The van der Waals surface area contributed by atoms with Crippen LogP contribution in [-0.2, 0) is 32.0 Å². The van der Waals surface area contributed by atoms with Crippen molar-refractivity contribution in [1.29, 1.82) is 0 Å². The summed E-state index contributed by atoms with van der Waals surface area (Å²) in [6, 6.07) is 3.23. The number of hydrogen-bond donors (Lipinski definition) is 7. The lowest BCUT2D eigenvalue weighted by atomic mass is 10.0. The van der Waals surface area contributed by atoms with Crippen LogP contribution >= 0.6 is 11.8 Å². The molecule has 0 fully saturated rings. The molecule has 35 heavy (non-hydrogen) atoms. The molecule has 2 rings (SSSR count). The van der Waals surface area contributed by atoms with Crippen molar-refractivity contribution in [2.75, 3.05) is 18.6 Å². The molecule has 0 aliphatic heterocycles. The van der Waals surface area contributed by atoms with Gasteiger partial charge in [-0.1, -0.05) is 12.1 Å². The SMILES string of the molecule is CSCCC(NC(=O)C(Cc1cnc[nH]1)NC(=O)C(N)Cc1ccc(O)cc1)C(=O)NCC(=O)O. The maximum atomic E-state index is 13.1. The van der Waals surface area contributed by atoms with Gasteiger partial charge in [-0.05, 0) is 42.5 Å². The molecule has 1 aromatic heterocycles. The van der Waals surface area contributed by atoms with Gasteiger partial charge >= 0.3 is 5.97 Å². The first kappa shape index (κ1) is 27.7. The summed E-state index contributed by atoms with van der Waals surface area (Å²) in [4.78, 5) is 55.9. The number of phenols is 1. The summed E-state index contributed by atoms with van der Waals surface area (Å²) in [5.74, 6) is -2.41. The molecule has 0 saturated heterocycles. The molecule has 1 heterocycles. The van der Waals surface area contributed by atoms with Crippen LogP contribution in [-0.4, -0.2) is 80.6 Å². The van der Waals surface area contributed by atoms with E-state index >= 15 is 0 Å². The van der Waals surface area contributed by atoms with E-state index in [0.29, 0.717) is 11.4 Å². The highest BCUT2D eigenvalue weighted by Gasteiger charge is 2.28. The fourth-order valence-corrected chi connectivity index (χ4v) is 3.62. The maximum absolute atomic E-state index is 13.1. The third kappa shape index (κ3) is 9.66. The fraction of sp³-hybridized carbons (Fsp3) is 0.409. The molecule has 3 atom stereocenters. The lowest BCUT2D eigenvalue weighted by molar-refractivity contribution is -0.138. The number of benzene rings is 1. The Labute approximate surface area is 206 Å². The summed E-state index contributed by atoms with van der Waals surface area (Å²) in [5.41, 5.74) is 7.35. The van der Waals surface area contributed by atoms with Crippen molar-refractivity contribution in [2.45, 2.75) is 37.4 Å². The summed E-state index contributed by atoms with van der Waals surface area (Å²) in [5, 5.41) is 25.7. The Morgan fingerprint density at radius 1 is 1.06 bits per heavy atom. The standard InChI is InChI=1S/C22H30N6O6S/c1-35-7-6-17(21(33)25-11-19(30)31)27-22(34)18(9-14-10-24-12-26-14)28-20(32)16(23)8-13-2-4-15(29)5-3-13/h2-5,10,12,16-18,29H,6-9,11,23H2,1H3,(H,24,26)(H,25,33)(H,27,34)(H,28,32)(H,30,31). The number of imidazole rings is 1. The predicted molar refractivity (Wildman–Crippen MR) is 130 cm³/mol. The lowest BCUT2D eigenvalue weighted by Crippen LogP contribution is -2.57. The number of hydrogen-bond acceptors (Lipinski definition) is 8. The van der Waals surface area contributed by atoms with Gasteiger partial charge < -0.3 is 36.9 Å². The van der Waals surface area contributed by atoms with Crippen LogP contribution in [0.3, 0.4) is 0 Å². The minimum Gasteiger partial charge on any atom is -0.508 e. The minimum absolute atomic E-state index is 0.0650. The van der Waals surface area contributed by atoms with Crippen LogP contribution in [0.2, 0.25) is 0 Å². The van der Waals surface area contributed by atoms with Gasteiger partial charge in [-0.15, -0.1) is 0 Å². The van der Waals surface area contributed by atoms with E-state index in [9.17, 15) is 24.3 Å². The number of carbonyl (C=O) groups excluding carboxylic acids is 3. The maximum Gasteiger partial charge on any atom is 0.322 e. The molecule has 3 amide bonds. The van der Waals surface area contributed by atoms with E-state index in [1.165, 1.54) is 36.4 Å². The molecule has 3 unspecified atom stereocenters. The van der Waals surface area contributed by atoms with Gasteiger partial charge in [0, 0.05) is 18.3 Å². The van der Waals surface area contributed by atoms with E-state index in [4.69, 9.17) is 10.8 Å². The smallest absolute Gasteiger partial charge is 0.322 e. The number of nitrogens with zero attached hydrogens (tertiary/aromatic N) is 1. The fourth-order valence-electron chi connectivity index (χ4n) is 3.15. The number of carboxylic acid groups (broad SMARTS) is 1. The number of H-pyrrole nitrogens is 1. The number of aromatic hydroxyl groups is 1. The Kier molecular flexibility index (Phi) is 11.0. The van der Waals surface area contributed by atoms with Gasteiger partial charge in [-0.2, -0.15) is 11.8 Å². The van der Waals surface area contributed by atoms with Gasteiger partial charge in [-0.25, -0.2) is 4.98 Å². The molecule has 2 aromatic rings. The Morgan fingerprint density at radius 3 is 2.34 bits per heavy atom. The molecule has 190 valence electrons. The van der Waals surface area contributed by atoms with Crippen molar-refractivity contribution in [3.63, 3.8) is 0 Å². The summed E-state index contributed by atoms with van der Waals surface area (Å²) in [6.45, 7) is -0.578. The molecule has 0 radical (unpaired) electrons. The number of aliphatic carboxylic acids is 1. The van der Waals surface area contributed by atoms with Gasteiger partial charge in [0.1, 0.15) is 24.4 Å². The summed E-state index contributed by atoms with van der Waals surface area (Å²) >= 11 is 1.46. The van der Waals surface area contributed by atoms with Crippen molar-refractivity contribution < 1.29 is 29.4 Å². The van der Waals surface area contributed by atoms with Gasteiger partial charge in [0.25, 0.3) is 0 Å². The van der Waals surface area contributed by atoms with Crippen molar-refractivity contribution >= 4 is 35.5 Å². The molecule has 12 nitrogen and oxygen atoms in total. The van der Waals surface area contributed by atoms with E-state index in [0.717, 1.165) is 5.56 Å². The van der Waals surface area contributed by atoms with Crippen molar-refractivity contribution in [3.05, 3.63) is 48.0 Å². The molecule has 0 bridgehead atoms. The van der Waals surface area contributed by atoms with Crippen LogP contribution in [0.15, 0.2) is 36.8 Å². The number of amides is 3. The van der Waals surface area contributed by atoms with Crippen LogP contribution in [0.25, 0.3) is 0 Å². The molecule has 13 heteroatoms. The molecule has 0 spiro atoms. The number of aromatic amines is 1. The second kappa shape index (κ2) is 14.0. The minimum atomic E-state index is -1.21. The monoisotopic (exact) mass is 506 g/mol. The van der Waals surface area contributed by atoms with Crippen molar-refractivity contribution in [1.82, 2.24) is 25.9 Å². The van der Waals surface area contributed by atoms with Gasteiger partial charge in [0.05, 0.1) is 12.4 Å². The van der Waals surface area contributed by atoms with Crippen LogP contribution < -0.4 is 21.7 Å². The number of aromatic nitrogens is 2. The van der Waals surface area contributed by atoms with Crippen LogP contribution in [0, 0.1) is 0 Å². The van der Waals surface area contributed by atoms with Crippen molar-refractivity contribution in [2.24, 2.45) is 5.73 Å². The number of phenolic OH excluding ortho intramolecular Hbond substituents is 1. The predicted octanol–water partition coefficient (Wildman–Crippen LogP) is -0.849. The molecule has 0 aliphatic rings. The summed E-state index contributed by atoms with van der Waals surface area (Å²) < 4.78 is 0. The first-order valence-electron chi connectivity index (χ1n) is 10.8. The first-order chi connectivity index (χ1) is 16.7. The summed E-state index contributed by atoms with van der Waals surface area (Å²) in [7, 11) is 0. The molecular formula is C22H30N6O6S. The molecule has 1 aromatic carbocycles. The van der Waals surface area contributed by atoms with E-state index in [1.54, 1.807) is 12.1 Å². The lowest BCUT2D eigenvalue weighted by Gasteiger charge is -2.24. The van der Waals surface area contributed by atoms with Crippen LogP contribution in [0.4, 0.5) is 0 Å². The quantitative estimate of drug-likeness (QED) is 0.170. The van der Waals surface area contributed by atoms with Gasteiger partial charge in [0.15, 0.2) is 0 Å². The number of nitrogens with two attached hydrogens (primary N) is 1. The van der Waals surface area contributed by atoms with Crippen molar-refractivity contribution in [3.8, 4) is 5.75 Å². The molecule has 8 N–H and O–H groups in total. The Balaban J connectivity index is 2.10.